The summed E-state index contributed by atoms with van der Waals surface area (Å²) in [6.45, 7) is 5.97. The van der Waals surface area contributed by atoms with E-state index in [2.05, 4.69) is 23.1 Å². The molecule has 1 aromatic rings. The predicted octanol–water partition coefficient (Wildman–Crippen LogP) is 1.75. The molecular weight excluding hydrogens is 404 g/mol. The van der Waals surface area contributed by atoms with E-state index >= 15 is 0 Å². The Morgan fingerprint density at radius 3 is 2.48 bits per heavy atom. The second-order valence-electron chi connectivity index (χ2n) is 7.69. The Kier molecular flexibility index (Phi) is 8.23. The minimum atomic E-state index is -0.940. The molecule has 1 heterocycles. The highest BCUT2D eigenvalue weighted by Crippen LogP contribution is 2.28. The van der Waals surface area contributed by atoms with Crippen molar-refractivity contribution in [2.75, 3.05) is 20.3 Å². The fraction of sp³-hybridized carbons (Fsp3) is 0.524. The highest BCUT2D eigenvalue weighted by molar-refractivity contribution is 6.06. The maximum Gasteiger partial charge on any atom is 0.325 e. The van der Waals surface area contributed by atoms with Gasteiger partial charge in [0.05, 0.1) is 13.7 Å². The lowest BCUT2D eigenvalue weighted by atomic mass is 10.1. The smallest absolute Gasteiger partial charge is 0.325 e. The lowest BCUT2D eigenvalue weighted by Crippen LogP contribution is -2.42. The lowest BCUT2D eigenvalue weighted by molar-refractivity contribution is -0.130. The molecule has 1 fully saturated rings. The van der Waals surface area contributed by atoms with E-state index in [1.54, 1.807) is 26.0 Å². The van der Waals surface area contributed by atoms with Crippen LogP contribution in [-0.4, -0.2) is 54.5 Å². The van der Waals surface area contributed by atoms with Gasteiger partial charge >= 0.3 is 6.03 Å². The first-order chi connectivity index (χ1) is 14.7. The molecule has 2 rings (SSSR count). The minimum absolute atomic E-state index is 0.0330. The first-order valence-electron chi connectivity index (χ1n) is 10.2. The molecule has 1 aliphatic rings. The van der Waals surface area contributed by atoms with Crippen LogP contribution in [0.4, 0.5) is 4.79 Å². The van der Waals surface area contributed by atoms with Crippen LogP contribution in [-0.2, 0) is 9.59 Å². The van der Waals surface area contributed by atoms with Gasteiger partial charge in [-0.25, -0.2) is 4.79 Å². The van der Waals surface area contributed by atoms with Gasteiger partial charge in [-0.3, -0.25) is 30.1 Å². The number of rotatable bonds is 10. The highest BCUT2D eigenvalue weighted by Gasteiger charge is 2.43. The molecule has 5 amide bonds. The molecule has 0 unspecified atom stereocenters. The third-order valence-electron chi connectivity index (χ3n) is 4.73. The molecule has 170 valence electrons. The highest BCUT2D eigenvalue weighted by atomic mass is 16.5. The Bertz CT molecular complexity index is 839. The molecule has 0 bridgehead atoms. The number of hydrogen-bond acceptors (Lipinski definition) is 6. The number of hydrogen-bond donors (Lipinski definition) is 3. The summed E-state index contributed by atoms with van der Waals surface area (Å²) in [6, 6.07) is 4.28. The fourth-order valence-electron chi connectivity index (χ4n) is 2.93. The van der Waals surface area contributed by atoms with Gasteiger partial charge in [-0.15, -0.1) is 0 Å². The van der Waals surface area contributed by atoms with Crippen LogP contribution < -0.4 is 25.6 Å². The van der Waals surface area contributed by atoms with Crippen LogP contribution in [0, 0.1) is 0 Å². The van der Waals surface area contributed by atoms with Crippen molar-refractivity contribution in [3.05, 3.63) is 23.8 Å². The maximum atomic E-state index is 12.3. The Morgan fingerprint density at radius 1 is 1.13 bits per heavy atom. The summed E-state index contributed by atoms with van der Waals surface area (Å²) in [4.78, 5) is 49.3. The number of hydrazine groups is 1. The van der Waals surface area contributed by atoms with Gasteiger partial charge in [-0.05, 0) is 44.9 Å². The lowest BCUT2D eigenvalue weighted by Gasteiger charge is -2.15. The van der Waals surface area contributed by atoms with Gasteiger partial charge in [0.1, 0.15) is 5.54 Å². The number of unbranched alkanes of at least 4 members (excludes halogenated alkanes) is 1. The molecule has 0 aliphatic carbocycles. The SMILES string of the molecule is CCCCOc1ccc(C(=O)NNC(=O)CCCN2C(=O)NC(C)(C)C2=O)cc1OC. The number of carbonyl (C=O) groups is 4. The number of nitrogens with one attached hydrogen (secondary N) is 3. The van der Waals surface area contributed by atoms with Crippen LogP contribution in [0.3, 0.4) is 0 Å². The summed E-state index contributed by atoms with van der Waals surface area (Å²) in [5.41, 5.74) is 4.01. The van der Waals surface area contributed by atoms with Crippen LogP contribution in [0.25, 0.3) is 0 Å². The molecule has 31 heavy (non-hydrogen) atoms. The number of carbonyl (C=O) groups excluding carboxylic acids is 4. The van der Waals surface area contributed by atoms with Crippen LogP contribution in [0.5, 0.6) is 11.5 Å². The van der Waals surface area contributed by atoms with Crippen LogP contribution in [0.15, 0.2) is 18.2 Å². The van der Waals surface area contributed by atoms with Crippen molar-refractivity contribution in [3.8, 4) is 11.5 Å². The average Bonchev–Trinajstić information content (AvgIpc) is 2.93. The van der Waals surface area contributed by atoms with Crippen molar-refractivity contribution in [2.45, 2.75) is 52.0 Å². The van der Waals surface area contributed by atoms with Gasteiger partial charge in [-0.2, -0.15) is 0 Å². The molecule has 1 aromatic carbocycles. The van der Waals surface area contributed by atoms with Crippen LogP contribution in [0.1, 0.15) is 56.8 Å². The van der Waals surface area contributed by atoms with E-state index in [1.807, 2.05) is 0 Å². The van der Waals surface area contributed by atoms with Gasteiger partial charge in [0, 0.05) is 18.5 Å². The van der Waals surface area contributed by atoms with Gasteiger partial charge in [0.2, 0.25) is 5.91 Å². The van der Waals surface area contributed by atoms with E-state index in [0.717, 1.165) is 17.7 Å². The third kappa shape index (κ3) is 6.34. The molecule has 3 N–H and O–H groups in total. The van der Waals surface area contributed by atoms with E-state index in [1.165, 1.54) is 13.2 Å². The fourth-order valence-corrected chi connectivity index (χ4v) is 2.93. The molecule has 0 radical (unpaired) electrons. The largest absolute Gasteiger partial charge is 0.493 e. The zero-order valence-electron chi connectivity index (χ0n) is 18.4. The van der Waals surface area contributed by atoms with Crippen molar-refractivity contribution in [3.63, 3.8) is 0 Å². The van der Waals surface area contributed by atoms with Crippen molar-refractivity contribution in [1.82, 2.24) is 21.1 Å². The topological polar surface area (TPSA) is 126 Å². The zero-order chi connectivity index (χ0) is 23.0. The standard InChI is InChI=1S/C21H30N4O6/c1-5-6-12-31-15-10-9-14(13-16(15)30-4)18(27)24-23-17(26)8-7-11-25-19(28)21(2,3)22-20(25)29/h9-10,13H,5-8,11-12H2,1-4H3,(H,22,29)(H,23,26)(H,24,27). The molecule has 1 aliphatic heterocycles. The van der Waals surface area contributed by atoms with Gasteiger partial charge in [0.25, 0.3) is 11.8 Å². The molecule has 1 saturated heterocycles. The Balaban J connectivity index is 1.79. The zero-order valence-corrected chi connectivity index (χ0v) is 18.4. The van der Waals surface area contributed by atoms with Crippen molar-refractivity contribution < 1.29 is 28.7 Å². The van der Waals surface area contributed by atoms with Gasteiger partial charge in [-0.1, -0.05) is 13.3 Å². The normalized spacial score (nSPS) is 14.8. The number of methoxy groups -OCH3 is 1. The number of urea groups is 1. The molecular formula is C21H30N4O6. The van der Waals surface area contributed by atoms with Crippen molar-refractivity contribution in [1.29, 1.82) is 0 Å². The van der Waals surface area contributed by atoms with Gasteiger partial charge < -0.3 is 14.8 Å². The summed E-state index contributed by atoms with van der Waals surface area (Å²) in [6.07, 6.45) is 2.22. The van der Waals surface area contributed by atoms with E-state index in [-0.39, 0.29) is 25.3 Å². The molecule has 10 heteroatoms. The average molecular weight is 434 g/mol. The summed E-state index contributed by atoms with van der Waals surface area (Å²) in [7, 11) is 1.48. The monoisotopic (exact) mass is 434 g/mol. The van der Waals surface area contributed by atoms with E-state index < -0.39 is 23.4 Å². The van der Waals surface area contributed by atoms with Gasteiger partial charge in [0.15, 0.2) is 11.5 Å². The second kappa shape index (κ2) is 10.6. The first kappa shape index (κ1) is 24.0. The second-order valence-corrected chi connectivity index (χ2v) is 7.69. The summed E-state index contributed by atoms with van der Waals surface area (Å²) in [5.74, 6) is -0.317. The Morgan fingerprint density at radius 2 is 1.87 bits per heavy atom. The molecule has 0 spiro atoms. The number of ether oxygens (including phenoxy) is 2. The van der Waals surface area contributed by atoms with Crippen molar-refractivity contribution >= 4 is 23.8 Å². The van der Waals surface area contributed by atoms with Crippen LogP contribution in [0.2, 0.25) is 0 Å². The maximum absolute atomic E-state index is 12.3. The predicted molar refractivity (Wildman–Crippen MR) is 113 cm³/mol. The van der Waals surface area contributed by atoms with Crippen LogP contribution >= 0.6 is 0 Å². The summed E-state index contributed by atoms with van der Waals surface area (Å²) < 4.78 is 10.9. The summed E-state index contributed by atoms with van der Waals surface area (Å²) in [5, 5.41) is 2.58. The Hall–Kier alpha value is -3.30. The summed E-state index contributed by atoms with van der Waals surface area (Å²) >= 11 is 0. The number of imide groups is 1. The van der Waals surface area contributed by atoms with E-state index in [9.17, 15) is 19.2 Å². The number of benzene rings is 1. The van der Waals surface area contributed by atoms with E-state index in [0.29, 0.717) is 23.7 Å². The quantitative estimate of drug-likeness (QED) is 0.293. The van der Waals surface area contributed by atoms with Crippen molar-refractivity contribution in [2.24, 2.45) is 0 Å². The minimum Gasteiger partial charge on any atom is -0.493 e. The first-order valence-corrected chi connectivity index (χ1v) is 10.2. The van der Waals surface area contributed by atoms with E-state index in [4.69, 9.17) is 9.47 Å². The molecule has 0 saturated carbocycles. The molecule has 10 nitrogen and oxygen atoms in total. The number of amides is 5. The molecule has 0 atom stereocenters. The third-order valence-corrected chi connectivity index (χ3v) is 4.73. The Labute approximate surface area is 181 Å². The molecule has 0 aromatic heterocycles. The number of nitrogens with zero attached hydrogens (tertiary/aromatic N) is 1.